The third-order valence-corrected chi connectivity index (χ3v) is 5.42. The second kappa shape index (κ2) is 10.0. The molecule has 7 nitrogen and oxygen atoms in total. The third kappa shape index (κ3) is 4.80. The summed E-state index contributed by atoms with van der Waals surface area (Å²) < 4.78 is 24.8. The SMILES string of the molecule is COc1cc(/C=C(/C#N)c2ccccc2F)ccc1OC(=O)CCN1C(=O)c2ccccc2C1=O. The van der Waals surface area contributed by atoms with Crippen LogP contribution in [0.1, 0.15) is 38.3 Å². The average molecular weight is 470 g/mol. The Morgan fingerprint density at radius 2 is 1.66 bits per heavy atom. The quantitative estimate of drug-likeness (QED) is 0.166. The molecule has 4 rings (SSSR count). The van der Waals surface area contributed by atoms with E-state index in [-0.39, 0.29) is 35.6 Å². The fourth-order valence-electron chi connectivity index (χ4n) is 3.69. The predicted molar refractivity (Wildman–Crippen MR) is 125 cm³/mol. The number of carbonyl (C=O) groups is 3. The molecule has 0 spiro atoms. The molecule has 3 aromatic rings. The minimum atomic E-state index is -0.660. The van der Waals surface area contributed by atoms with Crippen molar-refractivity contribution in [1.29, 1.82) is 5.26 Å². The monoisotopic (exact) mass is 470 g/mol. The molecular formula is C27H19FN2O5. The average Bonchev–Trinajstić information content (AvgIpc) is 3.12. The van der Waals surface area contributed by atoms with Crippen molar-refractivity contribution < 1.29 is 28.2 Å². The van der Waals surface area contributed by atoms with Crippen molar-refractivity contribution in [3.8, 4) is 17.6 Å². The highest BCUT2D eigenvalue weighted by Gasteiger charge is 2.35. The minimum Gasteiger partial charge on any atom is -0.493 e. The highest BCUT2D eigenvalue weighted by molar-refractivity contribution is 6.21. The summed E-state index contributed by atoms with van der Waals surface area (Å²) in [5.41, 5.74) is 1.44. The van der Waals surface area contributed by atoms with Gasteiger partial charge in [0.1, 0.15) is 5.82 Å². The second-order valence-corrected chi connectivity index (χ2v) is 7.59. The van der Waals surface area contributed by atoms with Crippen LogP contribution in [0.2, 0.25) is 0 Å². The minimum absolute atomic E-state index is 0.121. The van der Waals surface area contributed by atoms with Gasteiger partial charge in [0.05, 0.1) is 36.3 Å². The Morgan fingerprint density at radius 3 is 2.29 bits per heavy atom. The van der Waals surface area contributed by atoms with Crippen molar-refractivity contribution in [2.75, 3.05) is 13.7 Å². The maximum absolute atomic E-state index is 14.1. The Kier molecular flexibility index (Phi) is 6.69. The van der Waals surface area contributed by atoms with Gasteiger partial charge < -0.3 is 9.47 Å². The number of rotatable bonds is 7. The number of fused-ring (bicyclic) bond motifs is 1. The van der Waals surface area contributed by atoms with Crippen LogP contribution in [0.4, 0.5) is 4.39 Å². The van der Waals surface area contributed by atoms with Gasteiger partial charge in [-0.15, -0.1) is 0 Å². The van der Waals surface area contributed by atoms with E-state index >= 15 is 0 Å². The van der Waals surface area contributed by atoms with E-state index in [1.54, 1.807) is 42.5 Å². The normalized spacial score (nSPS) is 12.8. The molecule has 3 aromatic carbocycles. The molecule has 0 atom stereocenters. The molecule has 0 unspecified atom stereocenters. The number of allylic oxidation sites excluding steroid dienone is 1. The van der Waals surface area contributed by atoms with E-state index in [0.717, 1.165) is 4.90 Å². The number of halogens is 1. The van der Waals surface area contributed by atoms with E-state index in [9.17, 15) is 24.0 Å². The van der Waals surface area contributed by atoms with Crippen LogP contribution in [0.15, 0.2) is 66.7 Å². The van der Waals surface area contributed by atoms with Crippen molar-refractivity contribution >= 4 is 29.4 Å². The van der Waals surface area contributed by atoms with Gasteiger partial charge in [-0.25, -0.2) is 4.39 Å². The lowest BCUT2D eigenvalue weighted by molar-refractivity contribution is -0.134. The number of imide groups is 1. The molecule has 0 radical (unpaired) electrons. The van der Waals surface area contributed by atoms with Crippen LogP contribution in [0.5, 0.6) is 11.5 Å². The zero-order valence-corrected chi connectivity index (χ0v) is 18.7. The largest absolute Gasteiger partial charge is 0.493 e. The fraction of sp³-hybridized carbons (Fsp3) is 0.111. The van der Waals surface area contributed by atoms with E-state index in [1.165, 1.54) is 37.5 Å². The maximum atomic E-state index is 14.1. The van der Waals surface area contributed by atoms with Crippen molar-refractivity contribution in [2.45, 2.75) is 6.42 Å². The number of nitrogens with zero attached hydrogens (tertiary/aromatic N) is 2. The van der Waals surface area contributed by atoms with Crippen LogP contribution >= 0.6 is 0 Å². The second-order valence-electron chi connectivity index (χ2n) is 7.59. The smallest absolute Gasteiger partial charge is 0.313 e. The highest BCUT2D eigenvalue weighted by Crippen LogP contribution is 2.31. The van der Waals surface area contributed by atoms with Gasteiger partial charge in [0.2, 0.25) is 0 Å². The molecule has 0 fully saturated rings. The summed E-state index contributed by atoms with van der Waals surface area (Å²) in [6, 6.07) is 19.0. The summed E-state index contributed by atoms with van der Waals surface area (Å²) >= 11 is 0. The molecule has 0 aromatic heterocycles. The lowest BCUT2D eigenvalue weighted by Gasteiger charge is -2.14. The zero-order valence-electron chi connectivity index (χ0n) is 18.7. The van der Waals surface area contributed by atoms with Gasteiger partial charge in [-0.05, 0) is 42.0 Å². The van der Waals surface area contributed by atoms with E-state index in [2.05, 4.69) is 0 Å². The van der Waals surface area contributed by atoms with Crippen molar-refractivity contribution in [2.24, 2.45) is 0 Å². The molecule has 0 aliphatic carbocycles. The molecule has 1 aliphatic rings. The number of esters is 1. The van der Waals surface area contributed by atoms with Gasteiger partial charge in [0.15, 0.2) is 11.5 Å². The molecule has 1 heterocycles. The van der Waals surface area contributed by atoms with E-state index < -0.39 is 23.6 Å². The summed E-state index contributed by atoms with van der Waals surface area (Å²) in [5, 5.41) is 9.47. The molecule has 0 saturated carbocycles. The summed E-state index contributed by atoms with van der Waals surface area (Å²) in [5.74, 6) is -1.73. The molecule has 174 valence electrons. The van der Waals surface area contributed by atoms with Crippen LogP contribution in [-0.2, 0) is 4.79 Å². The lowest BCUT2D eigenvalue weighted by atomic mass is 10.0. The predicted octanol–water partition coefficient (Wildman–Crippen LogP) is 4.49. The van der Waals surface area contributed by atoms with Crippen LogP contribution in [-0.4, -0.2) is 36.3 Å². The first-order chi connectivity index (χ1) is 16.9. The first-order valence-corrected chi connectivity index (χ1v) is 10.6. The summed E-state index contributed by atoms with van der Waals surface area (Å²) in [6.07, 6.45) is 1.29. The first kappa shape index (κ1) is 23.4. The molecule has 2 amide bonds. The van der Waals surface area contributed by atoms with E-state index in [4.69, 9.17) is 9.47 Å². The van der Waals surface area contributed by atoms with Crippen LogP contribution < -0.4 is 9.47 Å². The number of hydrogen-bond donors (Lipinski definition) is 0. The van der Waals surface area contributed by atoms with Crippen LogP contribution in [0.25, 0.3) is 11.6 Å². The Labute approximate surface area is 200 Å². The Morgan fingerprint density at radius 1 is 1.00 bits per heavy atom. The van der Waals surface area contributed by atoms with E-state index in [0.29, 0.717) is 16.7 Å². The maximum Gasteiger partial charge on any atom is 0.313 e. The number of benzene rings is 3. The topological polar surface area (TPSA) is 96.7 Å². The zero-order chi connectivity index (χ0) is 24.9. The Balaban J connectivity index is 1.45. The van der Waals surface area contributed by atoms with Crippen LogP contribution in [0.3, 0.4) is 0 Å². The molecule has 0 bridgehead atoms. The number of amides is 2. The Hall–Kier alpha value is -4.77. The highest BCUT2D eigenvalue weighted by atomic mass is 19.1. The van der Waals surface area contributed by atoms with Crippen LogP contribution in [0, 0.1) is 17.1 Å². The molecule has 0 saturated heterocycles. The fourth-order valence-corrected chi connectivity index (χ4v) is 3.69. The molecule has 8 heteroatoms. The number of carbonyl (C=O) groups excluding carboxylic acids is 3. The molecular weight excluding hydrogens is 451 g/mol. The van der Waals surface area contributed by atoms with Crippen molar-refractivity contribution in [1.82, 2.24) is 4.90 Å². The number of methoxy groups -OCH3 is 1. The van der Waals surface area contributed by atoms with Gasteiger partial charge >= 0.3 is 5.97 Å². The summed E-state index contributed by atoms with van der Waals surface area (Å²) in [6.45, 7) is -0.123. The summed E-state index contributed by atoms with van der Waals surface area (Å²) in [7, 11) is 1.39. The van der Waals surface area contributed by atoms with Gasteiger partial charge in [-0.2, -0.15) is 5.26 Å². The lowest BCUT2D eigenvalue weighted by Crippen LogP contribution is -2.32. The van der Waals surface area contributed by atoms with Gasteiger partial charge in [0, 0.05) is 12.1 Å². The standard InChI is InChI=1S/C27H19FN2O5/c1-34-24-15-17(14-18(16-29)19-6-4-5-9-22(19)28)10-11-23(24)35-25(31)12-13-30-26(32)20-7-2-3-8-21(20)27(30)33/h2-11,14-15H,12-13H2,1H3/b18-14-. The van der Waals surface area contributed by atoms with Gasteiger partial charge in [-0.1, -0.05) is 36.4 Å². The van der Waals surface area contributed by atoms with Gasteiger partial charge in [-0.3, -0.25) is 19.3 Å². The van der Waals surface area contributed by atoms with Gasteiger partial charge in [0.25, 0.3) is 11.8 Å². The summed E-state index contributed by atoms with van der Waals surface area (Å²) in [4.78, 5) is 38.3. The van der Waals surface area contributed by atoms with Crippen molar-refractivity contribution in [3.05, 3.63) is 94.8 Å². The Bertz CT molecular complexity index is 1370. The number of ether oxygens (including phenoxy) is 2. The molecule has 0 N–H and O–H groups in total. The molecule has 35 heavy (non-hydrogen) atoms. The molecule has 1 aliphatic heterocycles. The van der Waals surface area contributed by atoms with E-state index in [1.807, 2.05) is 6.07 Å². The number of nitriles is 1. The van der Waals surface area contributed by atoms with Crippen molar-refractivity contribution in [3.63, 3.8) is 0 Å². The third-order valence-electron chi connectivity index (χ3n) is 5.42. The first-order valence-electron chi connectivity index (χ1n) is 10.6. The number of hydrogen-bond acceptors (Lipinski definition) is 6.